The fourth-order valence-corrected chi connectivity index (χ4v) is 1.51. The molecule has 1 aromatic heterocycles. The number of carbonyl (C=O) groups is 1. The van der Waals surface area contributed by atoms with Crippen molar-refractivity contribution in [1.82, 2.24) is 4.98 Å². The quantitative estimate of drug-likeness (QED) is 0.630. The van der Waals surface area contributed by atoms with Crippen LogP contribution in [0.4, 0.5) is 0 Å². The van der Waals surface area contributed by atoms with Crippen LogP contribution in [-0.2, 0) is 16.0 Å². The van der Waals surface area contributed by atoms with E-state index in [1.165, 1.54) is 0 Å². The van der Waals surface area contributed by atoms with Crippen molar-refractivity contribution in [2.24, 2.45) is 0 Å². The van der Waals surface area contributed by atoms with Gasteiger partial charge in [-0.25, -0.2) is 4.98 Å². The van der Waals surface area contributed by atoms with Crippen molar-refractivity contribution in [2.75, 3.05) is 6.61 Å². The van der Waals surface area contributed by atoms with Crippen LogP contribution in [0.2, 0.25) is 5.02 Å². The van der Waals surface area contributed by atoms with Crippen molar-refractivity contribution in [3.05, 3.63) is 27.5 Å². The molecule has 0 aliphatic carbocycles. The van der Waals surface area contributed by atoms with Gasteiger partial charge in [-0.05, 0) is 34.5 Å². The Bertz CT molecular complexity index is 344. The molecule has 0 unspecified atom stereocenters. The average molecular weight is 279 g/mol. The second-order valence-corrected chi connectivity index (χ2v) is 3.69. The van der Waals surface area contributed by atoms with Crippen molar-refractivity contribution < 1.29 is 9.53 Å². The number of hydrogen-bond donors (Lipinski definition) is 0. The Kier molecular flexibility index (Phi) is 4.35. The molecule has 76 valence electrons. The molecular weight excluding hydrogens is 269 g/mol. The summed E-state index contributed by atoms with van der Waals surface area (Å²) in [4.78, 5) is 15.1. The number of carbonyl (C=O) groups excluding carboxylic acids is 1. The maximum Gasteiger partial charge on any atom is 0.310 e. The fourth-order valence-electron chi connectivity index (χ4n) is 0.959. The molecule has 1 aromatic rings. The first-order valence-corrected chi connectivity index (χ1v) is 5.26. The van der Waals surface area contributed by atoms with Crippen molar-refractivity contribution in [1.29, 1.82) is 0 Å². The van der Waals surface area contributed by atoms with Gasteiger partial charge in [0.1, 0.15) is 4.60 Å². The summed E-state index contributed by atoms with van der Waals surface area (Å²) < 4.78 is 5.35. The molecule has 0 atom stereocenters. The minimum atomic E-state index is -0.285. The molecule has 0 spiro atoms. The fraction of sp³-hybridized carbons (Fsp3) is 0.333. The van der Waals surface area contributed by atoms with Gasteiger partial charge in [0.15, 0.2) is 0 Å². The van der Waals surface area contributed by atoms with Gasteiger partial charge in [0.05, 0.1) is 18.1 Å². The number of aromatic nitrogens is 1. The van der Waals surface area contributed by atoms with E-state index < -0.39 is 0 Å². The van der Waals surface area contributed by atoms with Gasteiger partial charge >= 0.3 is 5.97 Å². The third kappa shape index (κ3) is 2.96. The van der Waals surface area contributed by atoms with Crippen LogP contribution >= 0.6 is 27.5 Å². The maximum atomic E-state index is 11.2. The van der Waals surface area contributed by atoms with Gasteiger partial charge in [0.25, 0.3) is 0 Å². The lowest BCUT2D eigenvalue weighted by atomic mass is 10.2. The summed E-state index contributed by atoms with van der Waals surface area (Å²) in [5.74, 6) is -0.285. The van der Waals surface area contributed by atoms with E-state index in [1.54, 1.807) is 19.2 Å². The van der Waals surface area contributed by atoms with E-state index in [0.717, 1.165) is 0 Å². The number of esters is 1. The third-order valence-corrected chi connectivity index (χ3v) is 2.82. The molecule has 0 bridgehead atoms. The van der Waals surface area contributed by atoms with E-state index in [1.807, 2.05) is 0 Å². The molecule has 3 nitrogen and oxygen atoms in total. The standard InChI is InChI=1S/C9H9BrClNO2/c1-2-14-7(13)5-6-3-4-12-9(10)8(6)11/h3-4H,2,5H2,1H3. The summed E-state index contributed by atoms with van der Waals surface area (Å²) >= 11 is 9.10. The predicted molar refractivity (Wildman–Crippen MR) is 57.3 cm³/mol. The normalized spacial score (nSPS) is 9.93. The number of hydrogen-bond acceptors (Lipinski definition) is 3. The van der Waals surface area contributed by atoms with Gasteiger partial charge in [-0.1, -0.05) is 11.6 Å². The van der Waals surface area contributed by atoms with Gasteiger partial charge in [0, 0.05) is 6.20 Å². The van der Waals surface area contributed by atoms with Gasteiger partial charge < -0.3 is 4.74 Å². The smallest absolute Gasteiger partial charge is 0.310 e. The second-order valence-electron chi connectivity index (χ2n) is 2.56. The van der Waals surface area contributed by atoms with Crippen LogP contribution in [0.5, 0.6) is 0 Å². The molecule has 0 aliphatic heterocycles. The summed E-state index contributed by atoms with van der Waals surface area (Å²) in [7, 11) is 0. The zero-order valence-electron chi connectivity index (χ0n) is 7.59. The van der Waals surface area contributed by atoms with E-state index in [4.69, 9.17) is 16.3 Å². The van der Waals surface area contributed by atoms with Gasteiger partial charge in [0.2, 0.25) is 0 Å². The number of halogens is 2. The van der Waals surface area contributed by atoms with Crippen LogP contribution < -0.4 is 0 Å². The largest absolute Gasteiger partial charge is 0.466 e. The Balaban J connectivity index is 2.76. The monoisotopic (exact) mass is 277 g/mol. The molecule has 0 aromatic carbocycles. The van der Waals surface area contributed by atoms with Crippen molar-refractivity contribution in [2.45, 2.75) is 13.3 Å². The van der Waals surface area contributed by atoms with E-state index in [0.29, 0.717) is 21.8 Å². The Morgan fingerprint density at radius 2 is 2.43 bits per heavy atom. The first kappa shape index (κ1) is 11.5. The molecule has 0 amide bonds. The number of ether oxygens (including phenoxy) is 1. The maximum absolute atomic E-state index is 11.2. The highest BCUT2D eigenvalue weighted by molar-refractivity contribution is 9.10. The van der Waals surface area contributed by atoms with Gasteiger partial charge in [-0.15, -0.1) is 0 Å². The third-order valence-electron chi connectivity index (χ3n) is 1.57. The first-order valence-electron chi connectivity index (χ1n) is 4.09. The van der Waals surface area contributed by atoms with Crippen LogP contribution in [0.25, 0.3) is 0 Å². The number of nitrogens with zero attached hydrogens (tertiary/aromatic N) is 1. The molecule has 0 saturated heterocycles. The molecule has 0 aliphatic rings. The highest BCUT2D eigenvalue weighted by Gasteiger charge is 2.09. The van der Waals surface area contributed by atoms with Crippen LogP contribution in [0.3, 0.4) is 0 Å². The zero-order chi connectivity index (χ0) is 10.6. The van der Waals surface area contributed by atoms with Crippen LogP contribution in [0.1, 0.15) is 12.5 Å². The van der Waals surface area contributed by atoms with Crippen molar-refractivity contribution in [3.63, 3.8) is 0 Å². The van der Waals surface area contributed by atoms with Gasteiger partial charge in [-0.2, -0.15) is 0 Å². The Morgan fingerprint density at radius 3 is 3.07 bits per heavy atom. The van der Waals surface area contributed by atoms with E-state index in [-0.39, 0.29) is 12.4 Å². The highest BCUT2D eigenvalue weighted by atomic mass is 79.9. The average Bonchev–Trinajstić information content (AvgIpc) is 2.13. The van der Waals surface area contributed by atoms with E-state index in [2.05, 4.69) is 20.9 Å². The minimum absolute atomic E-state index is 0.174. The lowest BCUT2D eigenvalue weighted by molar-refractivity contribution is -0.142. The Labute approximate surface area is 95.6 Å². The van der Waals surface area contributed by atoms with E-state index >= 15 is 0 Å². The molecule has 0 N–H and O–H groups in total. The summed E-state index contributed by atoms with van der Waals surface area (Å²) in [6.45, 7) is 2.14. The highest BCUT2D eigenvalue weighted by Crippen LogP contribution is 2.24. The van der Waals surface area contributed by atoms with Crippen LogP contribution in [-0.4, -0.2) is 17.6 Å². The first-order chi connectivity index (χ1) is 6.65. The van der Waals surface area contributed by atoms with Crippen molar-refractivity contribution in [3.8, 4) is 0 Å². The SMILES string of the molecule is CCOC(=O)Cc1ccnc(Br)c1Cl. The lowest BCUT2D eigenvalue weighted by Crippen LogP contribution is -2.08. The van der Waals surface area contributed by atoms with E-state index in [9.17, 15) is 4.79 Å². The van der Waals surface area contributed by atoms with Crippen LogP contribution in [0.15, 0.2) is 16.9 Å². The summed E-state index contributed by atoms with van der Waals surface area (Å²) in [6, 6.07) is 1.70. The lowest BCUT2D eigenvalue weighted by Gasteiger charge is -2.04. The molecule has 0 saturated carbocycles. The summed E-state index contributed by atoms with van der Waals surface area (Å²) in [5, 5.41) is 0.459. The van der Waals surface area contributed by atoms with Crippen molar-refractivity contribution >= 4 is 33.5 Å². The zero-order valence-corrected chi connectivity index (χ0v) is 9.93. The molecule has 1 heterocycles. The summed E-state index contributed by atoms with van der Waals surface area (Å²) in [5.41, 5.74) is 0.715. The molecule has 0 fully saturated rings. The number of rotatable bonds is 3. The van der Waals surface area contributed by atoms with Gasteiger partial charge in [-0.3, -0.25) is 4.79 Å². The molecule has 5 heteroatoms. The van der Waals surface area contributed by atoms with Crippen LogP contribution in [0, 0.1) is 0 Å². The molecule has 1 rings (SSSR count). The molecule has 0 radical (unpaired) electrons. The minimum Gasteiger partial charge on any atom is -0.466 e. The predicted octanol–water partition coefficient (Wildman–Crippen LogP) is 2.60. The summed E-state index contributed by atoms with van der Waals surface area (Å²) in [6.07, 6.45) is 1.76. The Hall–Kier alpha value is -0.610. The Morgan fingerprint density at radius 1 is 1.71 bits per heavy atom. The molecule has 14 heavy (non-hydrogen) atoms. The topological polar surface area (TPSA) is 39.2 Å². The second kappa shape index (κ2) is 5.32. The number of pyridine rings is 1. The molecular formula is C9H9BrClNO2.